The minimum absolute atomic E-state index is 0.704. The molecule has 0 amide bonds. The second-order valence-corrected chi connectivity index (χ2v) is 6.41. The lowest BCUT2D eigenvalue weighted by Gasteiger charge is -2.36. The van der Waals surface area contributed by atoms with Crippen molar-refractivity contribution in [3.8, 4) is 0 Å². The highest BCUT2D eigenvalue weighted by atomic mass is 15.2. The van der Waals surface area contributed by atoms with Gasteiger partial charge in [0.15, 0.2) is 0 Å². The minimum atomic E-state index is 0.704. The fourth-order valence-electron chi connectivity index (χ4n) is 3.69. The van der Waals surface area contributed by atoms with Crippen LogP contribution in [0.15, 0.2) is 18.2 Å². The van der Waals surface area contributed by atoms with Gasteiger partial charge in [0.1, 0.15) is 5.82 Å². The smallest absolute Gasteiger partial charge is 0.111 e. The Hall–Kier alpha value is -1.39. The number of nitrogens with zero attached hydrogens (tertiary/aromatic N) is 3. The van der Waals surface area contributed by atoms with E-state index in [1.54, 1.807) is 0 Å². The van der Waals surface area contributed by atoms with Crippen molar-refractivity contribution >= 4 is 11.0 Å². The van der Waals surface area contributed by atoms with Crippen molar-refractivity contribution in [2.45, 2.75) is 44.7 Å². The van der Waals surface area contributed by atoms with Gasteiger partial charge in [-0.15, -0.1) is 0 Å². The fourth-order valence-corrected chi connectivity index (χ4v) is 3.69. The highest BCUT2D eigenvalue weighted by Crippen LogP contribution is 2.27. The number of benzene rings is 1. The summed E-state index contributed by atoms with van der Waals surface area (Å²) in [4.78, 5) is 7.56. The lowest BCUT2D eigenvalue weighted by atomic mass is 9.91. The first kappa shape index (κ1) is 13.3. The standard InChI is InChI=1S/C17H24N4/c18-8-6-13-4-5-16-15(12-13)19-17-7-9-20(10-11-21(16)17)14-2-1-3-14/h4-5,12,14H,1-3,6-11,18H2. The number of imidazole rings is 1. The molecule has 0 bridgehead atoms. The molecular formula is C17H24N4. The molecule has 21 heavy (non-hydrogen) atoms. The Morgan fingerprint density at radius 2 is 2.10 bits per heavy atom. The summed E-state index contributed by atoms with van der Waals surface area (Å²) in [5, 5.41) is 0. The fraction of sp³-hybridized carbons (Fsp3) is 0.588. The van der Waals surface area contributed by atoms with Crippen LogP contribution in [-0.4, -0.2) is 40.1 Å². The van der Waals surface area contributed by atoms with Gasteiger partial charge in [0.05, 0.1) is 11.0 Å². The second kappa shape index (κ2) is 5.43. The number of hydrogen-bond donors (Lipinski definition) is 1. The quantitative estimate of drug-likeness (QED) is 0.937. The zero-order valence-electron chi connectivity index (χ0n) is 12.6. The first-order valence-electron chi connectivity index (χ1n) is 8.27. The van der Waals surface area contributed by atoms with Crippen LogP contribution in [0.5, 0.6) is 0 Å². The number of fused-ring (bicyclic) bond motifs is 3. The average molecular weight is 284 g/mol. The van der Waals surface area contributed by atoms with E-state index in [9.17, 15) is 0 Å². The number of aromatic nitrogens is 2. The zero-order valence-corrected chi connectivity index (χ0v) is 12.6. The van der Waals surface area contributed by atoms with E-state index >= 15 is 0 Å². The van der Waals surface area contributed by atoms with Gasteiger partial charge in [-0.25, -0.2) is 4.98 Å². The molecule has 0 unspecified atom stereocenters. The van der Waals surface area contributed by atoms with Gasteiger partial charge in [-0.05, 0) is 43.5 Å². The van der Waals surface area contributed by atoms with Gasteiger partial charge in [-0.1, -0.05) is 12.5 Å². The van der Waals surface area contributed by atoms with E-state index in [2.05, 4.69) is 27.7 Å². The predicted octanol–water partition coefficient (Wildman–Crippen LogP) is 1.95. The molecule has 1 aromatic carbocycles. The molecule has 2 N–H and O–H groups in total. The highest BCUT2D eigenvalue weighted by Gasteiger charge is 2.27. The maximum atomic E-state index is 5.65. The van der Waals surface area contributed by atoms with Crippen LogP contribution in [0.4, 0.5) is 0 Å². The largest absolute Gasteiger partial charge is 0.330 e. The van der Waals surface area contributed by atoms with Gasteiger partial charge >= 0.3 is 0 Å². The molecule has 4 heteroatoms. The SMILES string of the molecule is NCCc1ccc2c(c1)nc1n2CCN(C2CCC2)CC1. The van der Waals surface area contributed by atoms with E-state index in [0.29, 0.717) is 6.54 Å². The second-order valence-electron chi connectivity index (χ2n) is 6.41. The molecule has 112 valence electrons. The van der Waals surface area contributed by atoms with Crippen molar-refractivity contribution < 1.29 is 0 Å². The molecule has 1 aromatic heterocycles. The third kappa shape index (κ3) is 2.36. The van der Waals surface area contributed by atoms with Gasteiger partial charge in [-0.2, -0.15) is 0 Å². The summed E-state index contributed by atoms with van der Waals surface area (Å²) < 4.78 is 2.43. The molecule has 0 radical (unpaired) electrons. The van der Waals surface area contributed by atoms with Crippen molar-refractivity contribution in [2.75, 3.05) is 19.6 Å². The van der Waals surface area contributed by atoms with Crippen LogP contribution in [0.25, 0.3) is 11.0 Å². The number of nitrogens with two attached hydrogens (primary N) is 1. The monoisotopic (exact) mass is 284 g/mol. The van der Waals surface area contributed by atoms with Gasteiger partial charge in [0.2, 0.25) is 0 Å². The summed E-state index contributed by atoms with van der Waals surface area (Å²) in [5.41, 5.74) is 9.39. The molecule has 0 saturated heterocycles. The molecule has 1 saturated carbocycles. The third-order valence-electron chi connectivity index (χ3n) is 5.15. The van der Waals surface area contributed by atoms with Gasteiger partial charge < -0.3 is 10.3 Å². The molecule has 0 spiro atoms. The Kier molecular flexibility index (Phi) is 3.43. The van der Waals surface area contributed by atoms with Crippen molar-refractivity contribution in [1.82, 2.24) is 14.5 Å². The summed E-state index contributed by atoms with van der Waals surface area (Å²) in [6.07, 6.45) is 6.22. The summed E-state index contributed by atoms with van der Waals surface area (Å²) >= 11 is 0. The molecule has 4 nitrogen and oxygen atoms in total. The first-order chi connectivity index (χ1) is 10.3. The molecule has 2 aromatic rings. The molecule has 1 aliphatic heterocycles. The summed E-state index contributed by atoms with van der Waals surface area (Å²) in [6, 6.07) is 7.50. The summed E-state index contributed by atoms with van der Waals surface area (Å²) in [6.45, 7) is 4.13. The van der Waals surface area contributed by atoms with Gasteiger partial charge in [0, 0.05) is 32.1 Å². The molecule has 4 rings (SSSR count). The van der Waals surface area contributed by atoms with Crippen molar-refractivity contribution in [1.29, 1.82) is 0 Å². The molecule has 2 aliphatic rings. The van der Waals surface area contributed by atoms with Crippen molar-refractivity contribution in [2.24, 2.45) is 5.73 Å². The van der Waals surface area contributed by atoms with Gasteiger partial charge in [0.25, 0.3) is 0 Å². The van der Waals surface area contributed by atoms with Crippen LogP contribution < -0.4 is 5.73 Å². The van der Waals surface area contributed by atoms with E-state index in [-0.39, 0.29) is 0 Å². The van der Waals surface area contributed by atoms with E-state index in [4.69, 9.17) is 10.7 Å². The Morgan fingerprint density at radius 1 is 1.19 bits per heavy atom. The summed E-state index contributed by atoms with van der Waals surface area (Å²) in [5.74, 6) is 1.26. The Bertz CT molecular complexity index is 642. The first-order valence-corrected chi connectivity index (χ1v) is 8.27. The van der Waals surface area contributed by atoms with Gasteiger partial charge in [-0.3, -0.25) is 4.90 Å². The molecule has 1 aliphatic carbocycles. The van der Waals surface area contributed by atoms with E-state index in [0.717, 1.165) is 30.9 Å². The van der Waals surface area contributed by atoms with Crippen LogP contribution in [0.1, 0.15) is 30.7 Å². The molecular weight excluding hydrogens is 260 g/mol. The Morgan fingerprint density at radius 3 is 2.86 bits per heavy atom. The lowest BCUT2D eigenvalue weighted by Crippen LogP contribution is -2.41. The molecule has 2 heterocycles. The van der Waals surface area contributed by atoms with E-state index in [1.807, 2.05) is 0 Å². The topological polar surface area (TPSA) is 47.1 Å². The predicted molar refractivity (Wildman–Crippen MR) is 85.4 cm³/mol. The van der Waals surface area contributed by atoms with E-state index in [1.165, 1.54) is 49.3 Å². The number of hydrogen-bond acceptors (Lipinski definition) is 3. The molecule has 0 atom stereocenters. The van der Waals surface area contributed by atoms with Crippen LogP contribution in [0, 0.1) is 0 Å². The highest BCUT2D eigenvalue weighted by molar-refractivity contribution is 5.77. The lowest BCUT2D eigenvalue weighted by molar-refractivity contribution is 0.130. The number of rotatable bonds is 3. The maximum Gasteiger partial charge on any atom is 0.111 e. The normalized spacial score (nSPS) is 20.2. The van der Waals surface area contributed by atoms with Crippen LogP contribution >= 0.6 is 0 Å². The third-order valence-corrected chi connectivity index (χ3v) is 5.15. The minimum Gasteiger partial charge on any atom is -0.330 e. The Labute approximate surface area is 125 Å². The van der Waals surface area contributed by atoms with E-state index < -0.39 is 0 Å². The summed E-state index contributed by atoms with van der Waals surface area (Å²) in [7, 11) is 0. The van der Waals surface area contributed by atoms with Crippen LogP contribution in [0.3, 0.4) is 0 Å². The maximum absolute atomic E-state index is 5.65. The van der Waals surface area contributed by atoms with Crippen LogP contribution in [-0.2, 0) is 19.4 Å². The van der Waals surface area contributed by atoms with Crippen molar-refractivity contribution in [3.63, 3.8) is 0 Å². The molecule has 1 fully saturated rings. The zero-order chi connectivity index (χ0) is 14.2. The van der Waals surface area contributed by atoms with Crippen molar-refractivity contribution in [3.05, 3.63) is 29.6 Å². The Balaban J connectivity index is 1.61. The van der Waals surface area contributed by atoms with Crippen LogP contribution in [0.2, 0.25) is 0 Å². The average Bonchev–Trinajstić information content (AvgIpc) is 2.65.